The average molecular weight is 420 g/mol. The van der Waals surface area contributed by atoms with Crippen LogP contribution in [0.5, 0.6) is 5.75 Å². The Bertz CT molecular complexity index is 910. The number of nitrogens with one attached hydrogen (secondary N) is 1. The minimum Gasteiger partial charge on any atom is -0.366 e. The van der Waals surface area contributed by atoms with Gasteiger partial charge in [-0.05, 0) is 90.9 Å². The Morgan fingerprint density at radius 2 is 2.00 bits per heavy atom. The van der Waals surface area contributed by atoms with Crippen LogP contribution in [0, 0.1) is 17.3 Å². The van der Waals surface area contributed by atoms with Crippen molar-refractivity contribution in [3.8, 4) is 5.75 Å². The van der Waals surface area contributed by atoms with E-state index in [2.05, 4.69) is 13.0 Å². The molecule has 0 radical (unpaired) electrons. The first-order valence-electron chi connectivity index (χ1n) is 11.1. The van der Waals surface area contributed by atoms with Crippen molar-refractivity contribution >= 4 is 16.2 Å². The van der Waals surface area contributed by atoms with Crippen molar-refractivity contribution in [1.82, 2.24) is 4.72 Å². The molecule has 1 aromatic rings. The molecule has 2 fully saturated rings. The minimum atomic E-state index is -4.14. The quantitative estimate of drug-likeness (QED) is 0.771. The fourth-order valence-corrected chi connectivity index (χ4v) is 7.26. The van der Waals surface area contributed by atoms with E-state index in [0.29, 0.717) is 23.5 Å². The molecule has 0 heterocycles. The predicted molar refractivity (Wildman–Crippen MR) is 113 cm³/mol. The van der Waals surface area contributed by atoms with E-state index < -0.39 is 16.2 Å². The van der Waals surface area contributed by atoms with Crippen LogP contribution in [0.2, 0.25) is 0 Å². The van der Waals surface area contributed by atoms with E-state index in [1.54, 1.807) is 0 Å². The van der Waals surface area contributed by atoms with Crippen LogP contribution in [-0.2, 0) is 27.9 Å². The number of hydrogen-bond donors (Lipinski definition) is 1. The van der Waals surface area contributed by atoms with Crippen molar-refractivity contribution in [3.63, 3.8) is 0 Å². The molecule has 0 bridgehead atoms. The van der Waals surface area contributed by atoms with Crippen LogP contribution in [0.4, 0.5) is 0 Å². The van der Waals surface area contributed by atoms with Crippen LogP contribution >= 0.6 is 0 Å². The van der Waals surface area contributed by atoms with E-state index in [-0.39, 0.29) is 0 Å². The summed E-state index contributed by atoms with van der Waals surface area (Å²) in [6, 6.07) is 4.11. The second kappa shape index (κ2) is 7.60. The molecule has 0 saturated heterocycles. The van der Waals surface area contributed by atoms with Crippen LogP contribution < -0.4 is 8.91 Å². The Morgan fingerprint density at radius 1 is 1.21 bits per heavy atom. The van der Waals surface area contributed by atoms with Gasteiger partial charge in [0.15, 0.2) is 0 Å². The number of amides is 1. The summed E-state index contributed by atoms with van der Waals surface area (Å²) in [5.74, 6) is 1.87. The largest absolute Gasteiger partial charge is 0.409 e. The van der Waals surface area contributed by atoms with E-state index in [0.717, 1.165) is 30.7 Å². The predicted octanol–water partition coefficient (Wildman–Crippen LogP) is 4.65. The third-order valence-corrected chi connectivity index (χ3v) is 8.72. The first-order valence-corrected chi connectivity index (χ1v) is 12.5. The van der Waals surface area contributed by atoms with Crippen LogP contribution in [0.25, 0.3) is 0 Å². The first-order chi connectivity index (χ1) is 13.7. The monoisotopic (exact) mass is 419 g/mol. The van der Waals surface area contributed by atoms with Crippen molar-refractivity contribution in [3.05, 3.63) is 28.8 Å². The molecule has 29 heavy (non-hydrogen) atoms. The summed E-state index contributed by atoms with van der Waals surface area (Å²) >= 11 is 0. The summed E-state index contributed by atoms with van der Waals surface area (Å²) in [5.41, 5.74) is 4.04. The summed E-state index contributed by atoms with van der Waals surface area (Å²) in [7, 11) is -4.14. The zero-order chi connectivity index (χ0) is 20.8. The normalized spacial score (nSPS) is 31.2. The van der Waals surface area contributed by atoms with Gasteiger partial charge in [0.1, 0.15) is 5.75 Å². The molecule has 3 aliphatic carbocycles. The molecule has 0 spiro atoms. The Hall–Kier alpha value is -1.56. The third-order valence-electron chi connectivity index (χ3n) is 7.79. The average Bonchev–Trinajstić information content (AvgIpc) is 2.65. The van der Waals surface area contributed by atoms with Gasteiger partial charge >= 0.3 is 10.3 Å². The summed E-state index contributed by atoms with van der Waals surface area (Å²) in [4.78, 5) is 11.2. The lowest BCUT2D eigenvalue weighted by Gasteiger charge is -2.54. The Labute approximate surface area is 174 Å². The van der Waals surface area contributed by atoms with Crippen LogP contribution in [0.15, 0.2) is 12.1 Å². The highest BCUT2D eigenvalue weighted by Crippen LogP contribution is 2.59. The van der Waals surface area contributed by atoms with Crippen LogP contribution in [-0.4, -0.2) is 14.3 Å². The minimum absolute atomic E-state index is 0.358. The van der Waals surface area contributed by atoms with E-state index in [1.165, 1.54) is 56.1 Å². The van der Waals surface area contributed by atoms with Crippen LogP contribution in [0.3, 0.4) is 0 Å². The maximum absolute atomic E-state index is 12.1. The molecule has 4 atom stereocenters. The van der Waals surface area contributed by atoms with Crippen molar-refractivity contribution in [1.29, 1.82) is 0 Å². The zero-order valence-corrected chi connectivity index (χ0v) is 18.6. The van der Waals surface area contributed by atoms with Crippen molar-refractivity contribution in [2.45, 2.75) is 84.5 Å². The highest BCUT2D eigenvalue weighted by atomic mass is 32.2. The Kier molecular flexibility index (Phi) is 5.43. The smallest absolute Gasteiger partial charge is 0.366 e. The highest BCUT2D eigenvalue weighted by molar-refractivity contribution is 7.85. The number of carbonyl (C=O) groups excluding carboxylic acids is 1. The van der Waals surface area contributed by atoms with Crippen molar-refractivity contribution < 1.29 is 17.4 Å². The molecular formula is C23H33NO4S. The molecular weight excluding hydrogens is 386 g/mol. The Morgan fingerprint density at radius 3 is 2.72 bits per heavy atom. The van der Waals surface area contributed by atoms with Gasteiger partial charge in [-0.3, -0.25) is 4.79 Å². The maximum Gasteiger partial charge on any atom is 0.409 e. The third kappa shape index (κ3) is 3.92. The number of carbonyl (C=O) groups is 1. The van der Waals surface area contributed by atoms with E-state index in [4.69, 9.17) is 4.18 Å². The highest BCUT2D eigenvalue weighted by Gasteiger charge is 2.48. The molecule has 2 saturated carbocycles. The van der Waals surface area contributed by atoms with E-state index in [9.17, 15) is 13.2 Å². The number of benzene rings is 1. The van der Waals surface area contributed by atoms with E-state index in [1.807, 2.05) is 17.7 Å². The fraction of sp³-hybridized carbons (Fsp3) is 0.696. The maximum atomic E-state index is 12.1. The molecule has 1 N–H and O–H groups in total. The summed E-state index contributed by atoms with van der Waals surface area (Å²) < 4.78 is 31.4. The lowest BCUT2D eigenvalue weighted by Crippen LogP contribution is -2.44. The molecule has 3 unspecified atom stereocenters. The molecule has 4 rings (SSSR count). The van der Waals surface area contributed by atoms with Gasteiger partial charge in [-0.1, -0.05) is 32.8 Å². The standard InChI is InChI=1S/C23H33NO4S/c1-4-16-13-20-17(14-22(16)28-29(26,27)24-15(2)25)8-9-19-18(20)10-12-23(3)11-6-5-7-21(19)23/h13-14,18-19,21H,4-12H2,1-3H3,(H,24,25)/t18?,19?,21?,23-/m0/s1. The van der Waals surface area contributed by atoms with Gasteiger partial charge in [0.2, 0.25) is 5.91 Å². The van der Waals surface area contributed by atoms with Gasteiger partial charge in [0, 0.05) is 6.92 Å². The number of rotatable bonds is 4. The van der Waals surface area contributed by atoms with Crippen LogP contribution in [0.1, 0.15) is 88.3 Å². The molecule has 5 nitrogen and oxygen atoms in total. The van der Waals surface area contributed by atoms with Gasteiger partial charge < -0.3 is 4.18 Å². The molecule has 1 aromatic carbocycles. The number of aryl methyl sites for hydroxylation is 2. The Balaban J connectivity index is 1.65. The molecule has 6 heteroatoms. The van der Waals surface area contributed by atoms with Crippen molar-refractivity contribution in [2.24, 2.45) is 17.3 Å². The fourth-order valence-electron chi connectivity index (χ4n) is 6.48. The van der Waals surface area contributed by atoms with Gasteiger partial charge in [0.25, 0.3) is 0 Å². The second-order valence-electron chi connectivity index (χ2n) is 9.56. The number of fused-ring (bicyclic) bond motifs is 5. The topological polar surface area (TPSA) is 72.5 Å². The summed E-state index contributed by atoms with van der Waals surface area (Å²) in [5, 5.41) is 0. The lowest BCUT2D eigenvalue weighted by molar-refractivity contribution is -0.117. The molecule has 0 aromatic heterocycles. The first kappa shape index (κ1) is 20.7. The summed E-state index contributed by atoms with van der Waals surface area (Å²) in [6.07, 6.45) is 10.9. The van der Waals surface area contributed by atoms with Gasteiger partial charge in [0.05, 0.1) is 0 Å². The molecule has 1 amide bonds. The molecule has 160 valence electrons. The van der Waals surface area contributed by atoms with Crippen molar-refractivity contribution in [2.75, 3.05) is 0 Å². The lowest BCUT2D eigenvalue weighted by atomic mass is 9.51. The molecule has 0 aliphatic heterocycles. The zero-order valence-electron chi connectivity index (χ0n) is 17.8. The molecule has 3 aliphatic rings. The van der Waals surface area contributed by atoms with E-state index >= 15 is 0 Å². The summed E-state index contributed by atoms with van der Waals surface area (Å²) in [6.45, 7) is 5.69. The van der Waals surface area contributed by atoms with Gasteiger partial charge in [-0.25, -0.2) is 4.72 Å². The SMILES string of the molecule is CCc1cc2c(cc1OS(=O)(=O)NC(C)=O)CCC1C2CC[C@]2(C)CCCCC12. The van der Waals surface area contributed by atoms with Gasteiger partial charge in [-0.15, -0.1) is 0 Å². The second-order valence-corrected chi connectivity index (χ2v) is 10.8. The van der Waals surface area contributed by atoms with Gasteiger partial charge in [-0.2, -0.15) is 8.42 Å². The number of hydrogen-bond acceptors (Lipinski definition) is 4.